The molecule has 0 radical (unpaired) electrons. The highest BCUT2D eigenvalue weighted by Crippen LogP contribution is 2.26. The maximum Gasteiger partial charge on any atom is 0.306 e. The summed E-state index contributed by atoms with van der Waals surface area (Å²) in [4.78, 5) is 25.7. The molecule has 0 aromatic rings. The Bertz CT molecular complexity index is 1200. The van der Waals surface area contributed by atoms with Gasteiger partial charge in [0.05, 0.1) is 19.8 Å². The zero-order valence-corrected chi connectivity index (χ0v) is 38.6. The number of rotatable bonds is 37. The number of esters is 2. The minimum atomic E-state index is -1.76. The molecule has 2 aliphatic heterocycles. The van der Waals surface area contributed by atoms with E-state index in [4.69, 9.17) is 28.4 Å². The van der Waals surface area contributed by atoms with Crippen molar-refractivity contribution in [3.63, 3.8) is 0 Å². The average Bonchev–Trinajstić information content (AvgIpc) is 3.28. The van der Waals surface area contributed by atoms with Crippen LogP contribution < -0.4 is 0 Å². The standard InChI is InChI=1S/C48H86O15/c1-3-5-7-9-11-13-15-17-18-19-21-23-25-27-29-31-40(51)61-36(33-58-39(50)30-28-26-24-22-20-16-14-12-10-8-6-4-2)34-59-47-46(57)44(55)42(53)38(63-47)35-60-48-45(56)43(54)41(52)37(32-49)62-48/h12,14,17-18,36-38,41-49,52-57H,3-11,13,15-16,19-35H2,1-2H3/b14-12-,18-17-. The van der Waals surface area contributed by atoms with E-state index >= 15 is 0 Å². The van der Waals surface area contributed by atoms with Crippen LogP contribution >= 0.6 is 0 Å². The summed E-state index contributed by atoms with van der Waals surface area (Å²) in [7, 11) is 0. The average molecular weight is 903 g/mol. The van der Waals surface area contributed by atoms with E-state index in [0.29, 0.717) is 12.8 Å². The van der Waals surface area contributed by atoms with Gasteiger partial charge in [0.25, 0.3) is 0 Å². The third kappa shape index (κ3) is 24.9. The number of carbonyl (C=O) groups excluding carboxylic acids is 2. The molecular formula is C48H86O15. The number of hydrogen-bond acceptors (Lipinski definition) is 15. The summed E-state index contributed by atoms with van der Waals surface area (Å²) in [5, 5.41) is 71.9. The summed E-state index contributed by atoms with van der Waals surface area (Å²) >= 11 is 0. The van der Waals surface area contributed by atoms with E-state index in [1.54, 1.807) is 0 Å². The molecule has 0 saturated carbocycles. The molecule has 0 amide bonds. The Balaban J connectivity index is 1.84. The van der Waals surface area contributed by atoms with Crippen LogP contribution in [0.15, 0.2) is 24.3 Å². The van der Waals surface area contributed by atoms with Crippen LogP contribution in [0.1, 0.15) is 174 Å². The highest BCUT2D eigenvalue weighted by Gasteiger charge is 2.47. The van der Waals surface area contributed by atoms with Crippen molar-refractivity contribution in [2.75, 3.05) is 26.4 Å². The van der Waals surface area contributed by atoms with Crippen molar-refractivity contribution in [2.45, 2.75) is 242 Å². The first-order valence-electron chi connectivity index (χ1n) is 24.4. The molecule has 0 aromatic carbocycles. The Morgan fingerprint density at radius 1 is 0.492 bits per heavy atom. The van der Waals surface area contributed by atoms with Gasteiger partial charge in [0.1, 0.15) is 55.4 Å². The van der Waals surface area contributed by atoms with Crippen molar-refractivity contribution < 1.29 is 73.8 Å². The minimum absolute atomic E-state index is 0.155. The first-order chi connectivity index (χ1) is 30.5. The molecule has 2 aliphatic rings. The lowest BCUT2D eigenvalue weighted by Gasteiger charge is -2.42. The van der Waals surface area contributed by atoms with Crippen LogP contribution in [-0.2, 0) is 38.0 Å². The van der Waals surface area contributed by atoms with E-state index in [0.717, 1.165) is 77.0 Å². The Hall–Kier alpha value is -2.02. The van der Waals surface area contributed by atoms with Crippen LogP contribution in [0, 0.1) is 0 Å². The molecule has 2 saturated heterocycles. The molecule has 0 aromatic heterocycles. The SMILES string of the molecule is CCCCC/C=C\CCCCCCCC(=O)OCC(COC1OC(COC2OC(CO)C(O)C(O)C2O)C(O)C(O)C1O)OC(=O)CCCCCCC/C=C\CCCCCCCC. The topological polar surface area (TPSA) is 231 Å². The molecule has 15 nitrogen and oxygen atoms in total. The van der Waals surface area contributed by atoms with Crippen LogP contribution in [0.5, 0.6) is 0 Å². The fourth-order valence-corrected chi connectivity index (χ4v) is 7.56. The molecule has 0 spiro atoms. The van der Waals surface area contributed by atoms with Gasteiger partial charge in [-0.2, -0.15) is 0 Å². The first-order valence-corrected chi connectivity index (χ1v) is 24.4. The van der Waals surface area contributed by atoms with Gasteiger partial charge in [0, 0.05) is 12.8 Å². The van der Waals surface area contributed by atoms with E-state index in [2.05, 4.69) is 38.2 Å². The van der Waals surface area contributed by atoms with Gasteiger partial charge in [-0.25, -0.2) is 0 Å². The maximum absolute atomic E-state index is 13.0. The number of carbonyl (C=O) groups is 2. The maximum atomic E-state index is 13.0. The molecule has 63 heavy (non-hydrogen) atoms. The Morgan fingerprint density at radius 2 is 0.905 bits per heavy atom. The number of aliphatic hydroxyl groups excluding tert-OH is 7. The number of aliphatic hydroxyl groups is 7. The first kappa shape index (κ1) is 57.1. The van der Waals surface area contributed by atoms with Gasteiger partial charge in [-0.05, 0) is 64.2 Å². The number of unbranched alkanes of at least 4 members (excludes halogenated alkanes) is 19. The van der Waals surface area contributed by atoms with Crippen molar-refractivity contribution in [1.29, 1.82) is 0 Å². The van der Waals surface area contributed by atoms with Crippen molar-refractivity contribution in [1.82, 2.24) is 0 Å². The lowest BCUT2D eigenvalue weighted by Crippen LogP contribution is -2.61. The second-order valence-electron chi connectivity index (χ2n) is 17.3. The lowest BCUT2D eigenvalue weighted by molar-refractivity contribution is -0.332. The lowest BCUT2D eigenvalue weighted by atomic mass is 9.98. The van der Waals surface area contributed by atoms with E-state index in [9.17, 15) is 45.3 Å². The monoisotopic (exact) mass is 903 g/mol. The van der Waals surface area contributed by atoms with Crippen molar-refractivity contribution in [3.05, 3.63) is 24.3 Å². The molecular weight excluding hydrogens is 817 g/mol. The molecule has 11 atom stereocenters. The summed E-state index contributed by atoms with van der Waals surface area (Å²) in [5.41, 5.74) is 0. The van der Waals surface area contributed by atoms with Gasteiger partial charge in [-0.3, -0.25) is 9.59 Å². The molecule has 11 unspecified atom stereocenters. The quantitative estimate of drug-likeness (QED) is 0.0216. The Labute approximate surface area is 377 Å². The predicted molar refractivity (Wildman–Crippen MR) is 238 cm³/mol. The molecule has 368 valence electrons. The third-order valence-corrected chi connectivity index (χ3v) is 11.7. The number of allylic oxidation sites excluding steroid dienone is 4. The van der Waals surface area contributed by atoms with E-state index in [-0.39, 0.29) is 26.1 Å². The third-order valence-electron chi connectivity index (χ3n) is 11.7. The summed E-state index contributed by atoms with van der Waals surface area (Å²) < 4.78 is 33.5. The molecule has 2 rings (SSSR count). The zero-order valence-electron chi connectivity index (χ0n) is 38.6. The van der Waals surface area contributed by atoms with Crippen molar-refractivity contribution >= 4 is 11.9 Å². The summed E-state index contributed by atoms with van der Waals surface area (Å²) in [6.45, 7) is 2.53. The van der Waals surface area contributed by atoms with Crippen LogP contribution in [0.2, 0.25) is 0 Å². The van der Waals surface area contributed by atoms with Crippen molar-refractivity contribution in [3.8, 4) is 0 Å². The second-order valence-corrected chi connectivity index (χ2v) is 17.3. The minimum Gasteiger partial charge on any atom is -0.462 e. The molecule has 2 heterocycles. The number of hydrogen-bond donors (Lipinski definition) is 7. The zero-order chi connectivity index (χ0) is 46.1. The molecule has 0 bridgehead atoms. The Kier molecular flexibility index (Phi) is 32.8. The normalized spacial score (nSPS) is 27.0. The highest BCUT2D eigenvalue weighted by molar-refractivity contribution is 5.70. The summed E-state index contributed by atoms with van der Waals surface area (Å²) in [6, 6.07) is 0. The van der Waals surface area contributed by atoms with Gasteiger partial charge in [-0.15, -0.1) is 0 Å². The fourth-order valence-electron chi connectivity index (χ4n) is 7.56. The van der Waals surface area contributed by atoms with Gasteiger partial charge < -0.3 is 64.2 Å². The van der Waals surface area contributed by atoms with E-state index < -0.39 is 92.7 Å². The molecule has 0 aliphatic carbocycles. The van der Waals surface area contributed by atoms with Crippen molar-refractivity contribution in [2.24, 2.45) is 0 Å². The van der Waals surface area contributed by atoms with Crippen LogP contribution in [0.4, 0.5) is 0 Å². The largest absolute Gasteiger partial charge is 0.462 e. The van der Waals surface area contributed by atoms with Crippen LogP contribution in [-0.4, -0.2) is 142 Å². The van der Waals surface area contributed by atoms with Gasteiger partial charge in [0.2, 0.25) is 0 Å². The van der Waals surface area contributed by atoms with Crippen LogP contribution in [0.3, 0.4) is 0 Å². The van der Waals surface area contributed by atoms with Crippen LogP contribution in [0.25, 0.3) is 0 Å². The fraction of sp³-hybridized carbons (Fsp3) is 0.875. The molecule has 2 fully saturated rings. The highest BCUT2D eigenvalue weighted by atomic mass is 16.7. The van der Waals surface area contributed by atoms with E-state index in [1.807, 2.05) is 0 Å². The Morgan fingerprint density at radius 3 is 1.43 bits per heavy atom. The van der Waals surface area contributed by atoms with Gasteiger partial charge in [-0.1, -0.05) is 122 Å². The van der Waals surface area contributed by atoms with E-state index in [1.165, 1.54) is 57.8 Å². The molecule has 15 heteroatoms. The smallest absolute Gasteiger partial charge is 0.306 e. The molecule has 7 N–H and O–H groups in total. The van der Waals surface area contributed by atoms with Gasteiger partial charge >= 0.3 is 11.9 Å². The summed E-state index contributed by atoms with van der Waals surface area (Å²) in [6.07, 6.45) is 17.8. The van der Waals surface area contributed by atoms with Gasteiger partial charge in [0.15, 0.2) is 18.7 Å². The predicted octanol–water partition coefficient (Wildman–Crippen LogP) is 5.99. The summed E-state index contributed by atoms with van der Waals surface area (Å²) in [5.74, 6) is -0.944. The number of ether oxygens (including phenoxy) is 6. The second kappa shape index (κ2) is 36.1.